The molecule has 0 bridgehead atoms. The molecule has 0 fully saturated rings. The van der Waals surface area contributed by atoms with E-state index in [0.29, 0.717) is 10.7 Å². The summed E-state index contributed by atoms with van der Waals surface area (Å²) < 4.78 is 34.7. The molecule has 2 aromatic rings. The van der Waals surface area contributed by atoms with E-state index >= 15 is 0 Å². The minimum atomic E-state index is -3.68. The fourth-order valence-corrected chi connectivity index (χ4v) is 7.38. The van der Waals surface area contributed by atoms with Crippen LogP contribution in [0.4, 0.5) is 5.69 Å². The number of hydrogen-bond acceptors (Lipinski definition) is 9. The molecule has 1 aliphatic rings. The van der Waals surface area contributed by atoms with Crippen molar-refractivity contribution in [1.82, 2.24) is 0 Å². The molecule has 0 saturated heterocycles. The van der Waals surface area contributed by atoms with Crippen LogP contribution in [-0.4, -0.2) is 44.4 Å². The number of fused-ring (bicyclic) bond motifs is 1. The van der Waals surface area contributed by atoms with Gasteiger partial charge >= 0.3 is 19.5 Å². The molecule has 0 spiro atoms. The third-order valence-electron chi connectivity index (χ3n) is 6.54. The summed E-state index contributed by atoms with van der Waals surface area (Å²) in [4.78, 5) is 32.1. The molecule has 1 aliphatic heterocycles. The number of rotatable bonds is 12. The lowest BCUT2D eigenvalue weighted by Gasteiger charge is -2.44. The van der Waals surface area contributed by atoms with Gasteiger partial charge in [-0.2, -0.15) is 0 Å². The Morgan fingerprint density at radius 1 is 1.00 bits per heavy atom. The Morgan fingerprint density at radius 2 is 1.63 bits per heavy atom. The second-order valence-corrected chi connectivity index (χ2v) is 11.7. The van der Waals surface area contributed by atoms with Crippen molar-refractivity contribution in [3.05, 3.63) is 72.1 Å². The van der Waals surface area contributed by atoms with Gasteiger partial charge in [-0.25, -0.2) is 4.99 Å². The number of aliphatic imine (C=N–C) groups is 1. The maximum atomic E-state index is 13.8. The van der Waals surface area contributed by atoms with E-state index in [1.807, 2.05) is 54.6 Å². The van der Waals surface area contributed by atoms with Crippen molar-refractivity contribution in [1.29, 1.82) is 0 Å². The smallest absolute Gasteiger partial charge is 0.353 e. The van der Waals surface area contributed by atoms with Crippen LogP contribution in [-0.2, 0) is 38.1 Å². The van der Waals surface area contributed by atoms with E-state index in [2.05, 4.69) is 0 Å². The molecule has 3 rings (SSSR count). The lowest BCUT2D eigenvalue weighted by Crippen LogP contribution is -2.52. The summed E-state index contributed by atoms with van der Waals surface area (Å²) in [6.07, 6.45) is 1.72. The highest BCUT2D eigenvalue weighted by atomic mass is 32.2. The summed E-state index contributed by atoms with van der Waals surface area (Å²) in [7, 11) is -1.05. The normalized spacial score (nSPS) is 18.5. The Morgan fingerprint density at radius 3 is 2.24 bits per heavy atom. The number of hydrogen-bond donors (Lipinski definition) is 0. The quantitative estimate of drug-likeness (QED) is 0.210. The fraction of sp³-hybridized carbons (Fsp3) is 0.393. The number of carbonyl (C=O) groups is 2. The average Bonchev–Trinajstić information content (AvgIpc) is 3.24. The highest BCUT2D eigenvalue weighted by molar-refractivity contribution is 8.14. The van der Waals surface area contributed by atoms with E-state index in [-0.39, 0.29) is 26.1 Å². The summed E-state index contributed by atoms with van der Waals surface area (Å²) in [5.41, 5.74) is -1.20. The average molecular weight is 560 g/mol. The van der Waals surface area contributed by atoms with Crippen LogP contribution in [0, 0.1) is 5.41 Å². The van der Waals surface area contributed by atoms with Gasteiger partial charge in [0.05, 0.1) is 49.0 Å². The van der Waals surface area contributed by atoms with Gasteiger partial charge in [0.25, 0.3) is 0 Å². The molecule has 1 heterocycles. The molecule has 0 radical (unpaired) electrons. The molecule has 0 aromatic heterocycles. The minimum absolute atomic E-state index is 0.00814. The maximum absolute atomic E-state index is 13.8. The highest BCUT2D eigenvalue weighted by Gasteiger charge is 2.60. The minimum Gasteiger partial charge on any atom is -0.469 e. The summed E-state index contributed by atoms with van der Waals surface area (Å²) in [5, 5.41) is 0.606. The zero-order valence-electron chi connectivity index (χ0n) is 22.3. The number of benzene rings is 2. The van der Waals surface area contributed by atoms with Crippen LogP contribution in [0.5, 0.6) is 0 Å². The number of nitrogens with zero attached hydrogens (tertiary/aromatic N) is 1. The van der Waals surface area contributed by atoms with E-state index < -0.39 is 30.4 Å². The molecule has 38 heavy (non-hydrogen) atoms. The largest absolute Gasteiger partial charge is 0.469 e. The first-order valence-electron chi connectivity index (χ1n) is 12.4. The molecule has 0 N–H and O–H groups in total. The molecule has 10 heteroatoms. The zero-order valence-corrected chi connectivity index (χ0v) is 24.1. The SMILES string of the molecule is CCOP(=O)(/C=C/C(C)(C(=O)OC)C1(CCC(=O)OC)C(Sc2ccccc2)=Nc2ccccc21)OCC. The number of carbonyl (C=O) groups excluding carboxylic acids is 2. The monoisotopic (exact) mass is 559 g/mol. The van der Waals surface area contributed by atoms with E-state index in [0.717, 1.165) is 10.5 Å². The van der Waals surface area contributed by atoms with Crippen molar-refractivity contribution in [3.8, 4) is 0 Å². The lowest BCUT2D eigenvalue weighted by atomic mass is 9.59. The molecule has 0 saturated carbocycles. The van der Waals surface area contributed by atoms with Crippen LogP contribution in [0.25, 0.3) is 0 Å². The third kappa shape index (κ3) is 5.96. The third-order valence-corrected chi connectivity index (χ3v) is 9.44. The van der Waals surface area contributed by atoms with Gasteiger partial charge in [0, 0.05) is 17.1 Å². The van der Waals surface area contributed by atoms with Gasteiger partial charge in [-0.3, -0.25) is 14.2 Å². The van der Waals surface area contributed by atoms with E-state index in [1.165, 1.54) is 37.9 Å². The van der Waals surface area contributed by atoms with Gasteiger partial charge in [0.15, 0.2) is 0 Å². The van der Waals surface area contributed by atoms with Gasteiger partial charge in [0.1, 0.15) is 0 Å². The summed E-state index contributed by atoms with van der Waals surface area (Å²) in [6.45, 7) is 5.45. The molecule has 2 atom stereocenters. The molecular weight excluding hydrogens is 525 g/mol. The van der Waals surface area contributed by atoms with Crippen molar-refractivity contribution in [2.75, 3.05) is 27.4 Å². The predicted octanol–water partition coefficient (Wildman–Crippen LogP) is 6.67. The lowest BCUT2D eigenvalue weighted by molar-refractivity contribution is -0.152. The summed E-state index contributed by atoms with van der Waals surface area (Å²) >= 11 is 1.41. The van der Waals surface area contributed by atoms with E-state index in [4.69, 9.17) is 23.5 Å². The molecule has 2 unspecified atom stereocenters. The number of methoxy groups -OCH3 is 2. The van der Waals surface area contributed by atoms with Crippen LogP contribution < -0.4 is 0 Å². The number of para-hydroxylation sites is 1. The van der Waals surface area contributed by atoms with E-state index in [1.54, 1.807) is 20.8 Å². The Balaban J connectivity index is 2.30. The topological polar surface area (TPSA) is 100 Å². The van der Waals surface area contributed by atoms with Gasteiger partial charge in [0.2, 0.25) is 0 Å². The van der Waals surface area contributed by atoms with Crippen molar-refractivity contribution >= 4 is 42.0 Å². The van der Waals surface area contributed by atoms with Gasteiger partial charge in [-0.15, -0.1) is 0 Å². The fourth-order valence-electron chi connectivity index (χ4n) is 4.68. The van der Waals surface area contributed by atoms with Crippen molar-refractivity contribution in [2.45, 2.75) is 43.9 Å². The second-order valence-electron chi connectivity index (χ2n) is 8.72. The number of ether oxygens (including phenoxy) is 2. The zero-order chi connectivity index (χ0) is 27.8. The molecule has 8 nitrogen and oxygen atoms in total. The Labute approximate surface area is 228 Å². The molecule has 0 aliphatic carbocycles. The summed E-state index contributed by atoms with van der Waals surface area (Å²) in [5.74, 6) is 0.308. The molecule has 0 amide bonds. The first-order valence-corrected chi connectivity index (χ1v) is 14.8. The predicted molar refractivity (Wildman–Crippen MR) is 149 cm³/mol. The number of esters is 2. The Bertz CT molecular complexity index is 1240. The standard InChI is InChI=1S/C28H34NO7PS/c1-6-35-37(32,36-7-2)20-19-27(3,26(31)34-5)28(18-17-24(30)33-4)22-15-11-12-16-23(22)29-25(28)38-21-13-9-8-10-14-21/h8-16,19-20H,6-7,17-18H2,1-5H3/b20-19+. The van der Waals surface area contributed by atoms with Crippen molar-refractivity contribution < 1.29 is 32.7 Å². The van der Waals surface area contributed by atoms with Crippen LogP contribution in [0.15, 0.2) is 76.4 Å². The summed E-state index contributed by atoms with van der Waals surface area (Å²) in [6, 6.07) is 17.1. The van der Waals surface area contributed by atoms with Crippen molar-refractivity contribution in [3.63, 3.8) is 0 Å². The van der Waals surface area contributed by atoms with Gasteiger partial charge < -0.3 is 18.5 Å². The van der Waals surface area contributed by atoms with Gasteiger partial charge in [-0.05, 0) is 51.0 Å². The first-order chi connectivity index (χ1) is 18.2. The van der Waals surface area contributed by atoms with Gasteiger partial charge in [-0.1, -0.05) is 54.2 Å². The molecule has 2 aromatic carbocycles. The Kier molecular flexibility index (Phi) is 10.1. The molecule has 204 valence electrons. The van der Waals surface area contributed by atoms with Crippen LogP contribution in [0.1, 0.15) is 39.2 Å². The Hall–Kier alpha value is -2.71. The van der Waals surface area contributed by atoms with Crippen LogP contribution in [0.3, 0.4) is 0 Å². The molecular formula is C28H34NO7PS. The first kappa shape index (κ1) is 29.8. The highest BCUT2D eigenvalue weighted by Crippen LogP contribution is 2.59. The van der Waals surface area contributed by atoms with Crippen LogP contribution in [0.2, 0.25) is 0 Å². The number of thioether (sulfide) groups is 1. The van der Waals surface area contributed by atoms with Crippen molar-refractivity contribution in [2.24, 2.45) is 10.4 Å². The maximum Gasteiger partial charge on any atom is 0.353 e. The van der Waals surface area contributed by atoms with Crippen LogP contribution >= 0.6 is 19.4 Å². The second kappa shape index (κ2) is 12.9. The van der Waals surface area contributed by atoms with E-state index in [9.17, 15) is 14.2 Å².